The van der Waals surface area contributed by atoms with Crippen LogP contribution in [-0.4, -0.2) is 49.5 Å². The molecule has 3 aromatic heterocycles. The van der Waals surface area contributed by atoms with Crippen molar-refractivity contribution in [2.24, 2.45) is 0 Å². The zero-order valence-corrected chi connectivity index (χ0v) is 16.4. The Morgan fingerprint density at radius 1 is 1.10 bits per heavy atom. The third-order valence-corrected chi connectivity index (χ3v) is 5.26. The van der Waals surface area contributed by atoms with Gasteiger partial charge >= 0.3 is 0 Å². The highest BCUT2D eigenvalue weighted by molar-refractivity contribution is 5.96. The number of hydrogen-bond acceptors (Lipinski definition) is 5. The second-order valence-electron chi connectivity index (χ2n) is 7.39. The number of aromatic nitrogens is 4. The van der Waals surface area contributed by atoms with Gasteiger partial charge in [-0.15, -0.1) is 0 Å². The summed E-state index contributed by atoms with van der Waals surface area (Å²) in [5.41, 5.74) is 3.08. The van der Waals surface area contributed by atoms with Crippen molar-refractivity contribution in [2.45, 2.75) is 19.1 Å². The minimum absolute atomic E-state index is 0.00623. The minimum Gasteiger partial charge on any atom is -0.489 e. The number of para-hydroxylation sites is 1. The van der Waals surface area contributed by atoms with Crippen LogP contribution in [0.25, 0.3) is 11.2 Å². The number of benzene rings is 1. The summed E-state index contributed by atoms with van der Waals surface area (Å²) in [4.78, 5) is 27.9. The molecular formula is C23H21N5O2. The van der Waals surface area contributed by atoms with E-state index < -0.39 is 0 Å². The van der Waals surface area contributed by atoms with E-state index in [4.69, 9.17) is 4.74 Å². The summed E-state index contributed by atoms with van der Waals surface area (Å²) < 4.78 is 7.95. The molecule has 1 atom stereocenters. The molecule has 1 amide bonds. The quantitative estimate of drug-likeness (QED) is 0.515. The molecule has 1 aliphatic heterocycles. The van der Waals surface area contributed by atoms with Gasteiger partial charge in [-0.2, -0.15) is 0 Å². The zero-order chi connectivity index (χ0) is 20.3. The molecule has 0 aliphatic carbocycles. The predicted octanol–water partition coefficient (Wildman–Crippen LogP) is 3.17. The second-order valence-corrected chi connectivity index (χ2v) is 7.39. The Kier molecular flexibility index (Phi) is 4.85. The maximum absolute atomic E-state index is 13.0. The van der Waals surface area contributed by atoms with Gasteiger partial charge in [0.1, 0.15) is 17.4 Å². The van der Waals surface area contributed by atoms with Crippen LogP contribution in [-0.2, 0) is 6.54 Å². The number of pyridine rings is 2. The molecule has 0 saturated carbocycles. The van der Waals surface area contributed by atoms with E-state index in [-0.39, 0.29) is 12.0 Å². The molecule has 4 heterocycles. The van der Waals surface area contributed by atoms with Crippen LogP contribution in [0.3, 0.4) is 0 Å². The first-order valence-electron chi connectivity index (χ1n) is 9.97. The van der Waals surface area contributed by atoms with Crippen LogP contribution in [0.1, 0.15) is 22.3 Å². The smallest absolute Gasteiger partial charge is 0.255 e. The van der Waals surface area contributed by atoms with E-state index in [2.05, 4.69) is 15.0 Å². The Balaban J connectivity index is 1.28. The standard InChI is InChI=1S/C23H21N5O2/c29-23(27-10-8-20(15-27)30-19-6-2-1-3-7-19)18-11-21-22(25-13-18)28(16-26-21)14-17-5-4-9-24-12-17/h1-7,9,11-13,16,20H,8,10,14-15H2/t20-/m1/s1. The number of ether oxygens (including phenoxy) is 1. The molecule has 1 fully saturated rings. The highest BCUT2D eigenvalue weighted by atomic mass is 16.5. The lowest BCUT2D eigenvalue weighted by molar-refractivity contribution is 0.0772. The highest BCUT2D eigenvalue weighted by Crippen LogP contribution is 2.21. The fraction of sp³-hybridized carbons (Fsp3) is 0.217. The first-order chi connectivity index (χ1) is 14.8. The van der Waals surface area contributed by atoms with Crippen molar-refractivity contribution >= 4 is 17.1 Å². The van der Waals surface area contributed by atoms with Crippen molar-refractivity contribution in [3.05, 3.63) is 84.6 Å². The minimum atomic E-state index is -0.0367. The Labute approximate surface area is 174 Å². The zero-order valence-electron chi connectivity index (χ0n) is 16.4. The van der Waals surface area contributed by atoms with Gasteiger partial charge in [-0.3, -0.25) is 9.78 Å². The molecule has 1 saturated heterocycles. The summed E-state index contributed by atoms with van der Waals surface area (Å²) in [6.07, 6.45) is 7.78. The van der Waals surface area contributed by atoms with Crippen molar-refractivity contribution < 1.29 is 9.53 Å². The lowest BCUT2D eigenvalue weighted by Crippen LogP contribution is -2.31. The first-order valence-corrected chi connectivity index (χ1v) is 9.97. The fourth-order valence-electron chi connectivity index (χ4n) is 3.75. The summed E-state index contributed by atoms with van der Waals surface area (Å²) in [6.45, 7) is 1.88. The van der Waals surface area contributed by atoms with Gasteiger partial charge in [-0.05, 0) is 29.8 Å². The van der Waals surface area contributed by atoms with Crippen LogP contribution >= 0.6 is 0 Å². The Morgan fingerprint density at radius 2 is 2.00 bits per heavy atom. The van der Waals surface area contributed by atoms with Gasteiger partial charge in [0.2, 0.25) is 0 Å². The fourth-order valence-corrected chi connectivity index (χ4v) is 3.75. The van der Waals surface area contributed by atoms with Crippen molar-refractivity contribution in [1.82, 2.24) is 24.4 Å². The molecule has 0 spiro atoms. The summed E-state index contributed by atoms with van der Waals surface area (Å²) in [7, 11) is 0. The average Bonchev–Trinajstić information content (AvgIpc) is 3.42. The number of likely N-dealkylation sites (tertiary alicyclic amines) is 1. The van der Waals surface area contributed by atoms with Crippen molar-refractivity contribution in [3.8, 4) is 5.75 Å². The summed E-state index contributed by atoms with van der Waals surface area (Å²) in [5, 5.41) is 0. The van der Waals surface area contributed by atoms with Gasteiger partial charge in [0.25, 0.3) is 5.91 Å². The summed E-state index contributed by atoms with van der Waals surface area (Å²) in [6, 6.07) is 15.5. The maximum atomic E-state index is 13.0. The lowest BCUT2D eigenvalue weighted by atomic mass is 10.2. The number of carbonyl (C=O) groups excluding carboxylic acids is 1. The molecule has 1 aromatic carbocycles. The van der Waals surface area contributed by atoms with Gasteiger partial charge < -0.3 is 14.2 Å². The third kappa shape index (κ3) is 3.74. The van der Waals surface area contributed by atoms with Crippen molar-refractivity contribution in [2.75, 3.05) is 13.1 Å². The first kappa shape index (κ1) is 18.3. The van der Waals surface area contributed by atoms with Gasteiger partial charge in [0.15, 0.2) is 5.65 Å². The average molecular weight is 399 g/mol. The van der Waals surface area contributed by atoms with E-state index in [1.807, 2.05) is 64.2 Å². The maximum Gasteiger partial charge on any atom is 0.255 e. The Hall–Kier alpha value is -3.74. The summed E-state index contributed by atoms with van der Waals surface area (Å²) >= 11 is 0. The van der Waals surface area contributed by atoms with Gasteiger partial charge in [0.05, 0.1) is 25.0 Å². The third-order valence-electron chi connectivity index (χ3n) is 5.26. The van der Waals surface area contributed by atoms with Crippen LogP contribution in [0.4, 0.5) is 0 Å². The molecule has 7 heteroatoms. The molecule has 150 valence electrons. The number of amides is 1. The van der Waals surface area contributed by atoms with Crippen LogP contribution in [0.5, 0.6) is 5.75 Å². The number of rotatable bonds is 5. The topological polar surface area (TPSA) is 73.1 Å². The predicted molar refractivity (Wildman–Crippen MR) is 112 cm³/mol. The number of nitrogens with zero attached hydrogens (tertiary/aromatic N) is 5. The molecule has 0 radical (unpaired) electrons. The van der Waals surface area contributed by atoms with E-state index >= 15 is 0 Å². The molecule has 5 rings (SSSR count). The lowest BCUT2D eigenvalue weighted by Gasteiger charge is -2.17. The van der Waals surface area contributed by atoms with Crippen LogP contribution in [0, 0.1) is 0 Å². The van der Waals surface area contributed by atoms with Gasteiger partial charge in [-0.1, -0.05) is 24.3 Å². The SMILES string of the molecule is O=C(c1cnc2c(c1)ncn2Cc1cccnc1)N1CC[C@@H](Oc2ccccc2)C1. The number of fused-ring (bicyclic) bond motifs is 1. The van der Waals surface area contributed by atoms with Crippen molar-refractivity contribution in [1.29, 1.82) is 0 Å². The molecule has 7 nitrogen and oxygen atoms in total. The Morgan fingerprint density at radius 3 is 2.83 bits per heavy atom. The van der Waals surface area contributed by atoms with Crippen LogP contribution in [0.15, 0.2) is 73.4 Å². The largest absolute Gasteiger partial charge is 0.489 e. The highest BCUT2D eigenvalue weighted by Gasteiger charge is 2.28. The molecule has 4 aromatic rings. The monoisotopic (exact) mass is 399 g/mol. The summed E-state index contributed by atoms with van der Waals surface area (Å²) in [5.74, 6) is 0.796. The molecule has 0 unspecified atom stereocenters. The van der Waals surface area contributed by atoms with E-state index in [1.165, 1.54) is 0 Å². The number of imidazole rings is 1. The van der Waals surface area contributed by atoms with Crippen LogP contribution in [0.2, 0.25) is 0 Å². The second kappa shape index (κ2) is 7.94. The molecular weight excluding hydrogens is 378 g/mol. The molecule has 1 aliphatic rings. The van der Waals surface area contributed by atoms with Crippen molar-refractivity contribution in [3.63, 3.8) is 0 Å². The molecule has 0 bridgehead atoms. The normalized spacial score (nSPS) is 16.1. The number of carbonyl (C=O) groups is 1. The van der Waals surface area contributed by atoms with E-state index in [0.717, 1.165) is 23.4 Å². The molecule has 0 N–H and O–H groups in total. The number of hydrogen-bond donors (Lipinski definition) is 0. The van der Waals surface area contributed by atoms with E-state index in [0.29, 0.717) is 30.7 Å². The van der Waals surface area contributed by atoms with Crippen LogP contribution < -0.4 is 4.74 Å². The Bertz CT molecular complexity index is 1160. The van der Waals surface area contributed by atoms with E-state index in [9.17, 15) is 4.79 Å². The van der Waals surface area contributed by atoms with Gasteiger partial charge in [0, 0.05) is 31.6 Å². The van der Waals surface area contributed by atoms with E-state index in [1.54, 1.807) is 18.7 Å². The molecule has 30 heavy (non-hydrogen) atoms. The van der Waals surface area contributed by atoms with Gasteiger partial charge in [-0.25, -0.2) is 9.97 Å².